The summed E-state index contributed by atoms with van der Waals surface area (Å²) in [6, 6.07) is 0. The van der Waals surface area contributed by atoms with Gasteiger partial charge in [0.25, 0.3) is 0 Å². The fourth-order valence-corrected chi connectivity index (χ4v) is 0.260. The predicted octanol–water partition coefficient (Wildman–Crippen LogP) is 0.483. The molecule has 0 amide bonds. The number of nitrogens with zero attached hydrogens (tertiary/aromatic N) is 1. The summed E-state index contributed by atoms with van der Waals surface area (Å²) in [6.45, 7) is 1.83. The van der Waals surface area contributed by atoms with Crippen LogP contribution in [0.25, 0.3) is 0 Å². The van der Waals surface area contributed by atoms with E-state index in [-0.39, 0.29) is 13.0 Å². The van der Waals surface area contributed by atoms with Crippen LogP contribution in [0, 0.1) is 0 Å². The van der Waals surface area contributed by atoms with Crippen LogP contribution in [0.2, 0.25) is 0 Å². The molecule has 0 saturated heterocycles. The van der Waals surface area contributed by atoms with Crippen molar-refractivity contribution in [3.05, 3.63) is 0 Å². The molecule has 0 aromatic carbocycles. The molecule has 0 heterocycles. The number of carboxylic acids is 1. The van der Waals surface area contributed by atoms with Gasteiger partial charge in [0.05, 0.1) is 6.42 Å². The lowest BCUT2D eigenvalue weighted by Gasteiger charge is -1.91. The molecule has 4 nitrogen and oxygen atoms in total. The normalized spacial score (nSPS) is 9.89. The minimum absolute atomic E-state index is 0.00264. The van der Waals surface area contributed by atoms with E-state index in [0.717, 1.165) is 0 Å². The molecule has 0 aliphatic heterocycles. The first-order chi connectivity index (χ1) is 4.27. The fourth-order valence-electron chi connectivity index (χ4n) is 0.260. The van der Waals surface area contributed by atoms with Gasteiger partial charge in [0.2, 0.25) is 0 Å². The number of aliphatic carboxylic acids is 1. The van der Waals surface area contributed by atoms with Gasteiger partial charge in [-0.05, 0) is 6.92 Å². The Hall–Kier alpha value is -1.06. The highest BCUT2D eigenvalue weighted by atomic mass is 16.6. The van der Waals surface area contributed by atoms with Crippen molar-refractivity contribution < 1.29 is 14.7 Å². The van der Waals surface area contributed by atoms with E-state index in [0.29, 0.717) is 0 Å². The van der Waals surface area contributed by atoms with E-state index in [4.69, 9.17) is 5.11 Å². The molecule has 0 aliphatic rings. The zero-order valence-electron chi connectivity index (χ0n) is 5.20. The first kappa shape index (κ1) is 7.94. The van der Waals surface area contributed by atoms with Crippen LogP contribution < -0.4 is 0 Å². The molecule has 0 atom stereocenters. The summed E-state index contributed by atoms with van der Waals surface area (Å²) in [5, 5.41) is 11.4. The fraction of sp³-hybridized carbons (Fsp3) is 0.600. The average molecular weight is 131 g/mol. The standard InChI is InChI=1S/C5H9NO3/c1-2-6-9-4-3-5(7)8/h2H,3-4H2,1H3,(H,7,8)/b6-2-. The Balaban J connectivity index is 3.01. The van der Waals surface area contributed by atoms with Crippen LogP contribution in [-0.4, -0.2) is 23.9 Å². The summed E-state index contributed by atoms with van der Waals surface area (Å²) in [4.78, 5) is 14.3. The Kier molecular flexibility index (Phi) is 4.49. The van der Waals surface area contributed by atoms with E-state index in [1.54, 1.807) is 6.92 Å². The first-order valence-corrected chi connectivity index (χ1v) is 2.59. The van der Waals surface area contributed by atoms with Crippen LogP contribution in [0.3, 0.4) is 0 Å². The molecular weight excluding hydrogens is 122 g/mol. The van der Waals surface area contributed by atoms with Gasteiger partial charge >= 0.3 is 5.97 Å². The molecule has 4 heteroatoms. The zero-order chi connectivity index (χ0) is 7.11. The lowest BCUT2D eigenvalue weighted by atomic mass is 10.5. The molecule has 0 fully saturated rings. The minimum atomic E-state index is -0.874. The highest BCUT2D eigenvalue weighted by Gasteiger charge is 1.93. The maximum Gasteiger partial charge on any atom is 0.306 e. The second-order valence-corrected chi connectivity index (χ2v) is 1.34. The van der Waals surface area contributed by atoms with Gasteiger partial charge in [-0.3, -0.25) is 4.79 Å². The van der Waals surface area contributed by atoms with Crippen LogP contribution >= 0.6 is 0 Å². The van der Waals surface area contributed by atoms with Gasteiger partial charge < -0.3 is 9.94 Å². The van der Waals surface area contributed by atoms with E-state index in [9.17, 15) is 4.79 Å². The van der Waals surface area contributed by atoms with Crippen molar-refractivity contribution in [3.8, 4) is 0 Å². The Morgan fingerprint density at radius 2 is 2.56 bits per heavy atom. The zero-order valence-corrected chi connectivity index (χ0v) is 5.20. The quantitative estimate of drug-likeness (QED) is 0.343. The van der Waals surface area contributed by atoms with Crippen molar-refractivity contribution >= 4 is 12.2 Å². The maximum absolute atomic E-state index is 9.83. The van der Waals surface area contributed by atoms with Crippen molar-refractivity contribution in [2.24, 2.45) is 5.16 Å². The van der Waals surface area contributed by atoms with Gasteiger partial charge in [-0.1, -0.05) is 5.16 Å². The third-order valence-electron chi connectivity index (χ3n) is 0.587. The smallest absolute Gasteiger partial charge is 0.306 e. The summed E-state index contributed by atoms with van der Waals surface area (Å²) >= 11 is 0. The topological polar surface area (TPSA) is 58.9 Å². The lowest BCUT2D eigenvalue weighted by Crippen LogP contribution is -1.99. The lowest BCUT2D eigenvalue weighted by molar-refractivity contribution is -0.138. The number of hydrogen-bond acceptors (Lipinski definition) is 3. The van der Waals surface area contributed by atoms with Gasteiger partial charge in [-0.2, -0.15) is 0 Å². The highest BCUT2D eigenvalue weighted by Crippen LogP contribution is 1.81. The Morgan fingerprint density at radius 1 is 1.89 bits per heavy atom. The average Bonchev–Trinajstić information content (AvgIpc) is 1.80. The highest BCUT2D eigenvalue weighted by molar-refractivity contribution is 5.66. The number of hydrogen-bond donors (Lipinski definition) is 1. The summed E-state index contributed by atoms with van der Waals surface area (Å²) in [7, 11) is 0. The van der Waals surface area contributed by atoms with Gasteiger partial charge in [-0.15, -0.1) is 0 Å². The molecule has 52 valence electrons. The van der Waals surface area contributed by atoms with Crippen molar-refractivity contribution in [3.63, 3.8) is 0 Å². The van der Waals surface area contributed by atoms with Crippen LogP contribution in [-0.2, 0) is 9.63 Å². The molecular formula is C5H9NO3. The number of carboxylic acid groups (broad SMARTS) is 1. The molecule has 0 spiro atoms. The molecule has 0 aromatic heterocycles. The first-order valence-electron chi connectivity index (χ1n) is 2.59. The number of rotatable bonds is 4. The summed E-state index contributed by atoms with van der Waals surface area (Å²) in [5.41, 5.74) is 0. The van der Waals surface area contributed by atoms with E-state index >= 15 is 0 Å². The SMILES string of the molecule is C/C=N\OCCC(=O)O. The summed E-state index contributed by atoms with van der Waals surface area (Å²) in [5.74, 6) is -0.874. The molecule has 0 unspecified atom stereocenters. The maximum atomic E-state index is 9.83. The van der Waals surface area contributed by atoms with Crippen molar-refractivity contribution in [1.82, 2.24) is 0 Å². The van der Waals surface area contributed by atoms with Crippen LogP contribution in [0.15, 0.2) is 5.16 Å². The van der Waals surface area contributed by atoms with Gasteiger partial charge in [0.1, 0.15) is 6.61 Å². The Bertz CT molecular complexity index is 111. The predicted molar refractivity (Wildman–Crippen MR) is 32.4 cm³/mol. The Morgan fingerprint density at radius 3 is 3.00 bits per heavy atom. The van der Waals surface area contributed by atoms with E-state index < -0.39 is 5.97 Å². The van der Waals surface area contributed by atoms with Gasteiger partial charge in [-0.25, -0.2) is 0 Å². The van der Waals surface area contributed by atoms with Gasteiger partial charge in [0, 0.05) is 6.21 Å². The largest absolute Gasteiger partial charge is 0.481 e. The molecule has 0 aromatic rings. The third kappa shape index (κ3) is 6.94. The Labute approximate surface area is 53.1 Å². The van der Waals surface area contributed by atoms with Crippen LogP contribution in [0.5, 0.6) is 0 Å². The van der Waals surface area contributed by atoms with Gasteiger partial charge in [0.15, 0.2) is 0 Å². The van der Waals surface area contributed by atoms with Crippen molar-refractivity contribution in [2.45, 2.75) is 13.3 Å². The van der Waals surface area contributed by atoms with Crippen molar-refractivity contribution in [1.29, 1.82) is 0 Å². The third-order valence-corrected chi connectivity index (χ3v) is 0.587. The number of carbonyl (C=O) groups is 1. The summed E-state index contributed by atoms with van der Waals surface area (Å²) < 4.78 is 0. The second-order valence-electron chi connectivity index (χ2n) is 1.34. The molecule has 9 heavy (non-hydrogen) atoms. The van der Waals surface area contributed by atoms with Crippen LogP contribution in [0.1, 0.15) is 13.3 Å². The van der Waals surface area contributed by atoms with Crippen LogP contribution in [0.4, 0.5) is 0 Å². The molecule has 0 saturated carbocycles. The molecule has 0 rings (SSSR count). The number of oxime groups is 1. The molecule has 0 aliphatic carbocycles. The van der Waals surface area contributed by atoms with E-state index in [1.165, 1.54) is 6.21 Å². The molecule has 0 bridgehead atoms. The molecule has 0 radical (unpaired) electrons. The summed E-state index contributed by atoms with van der Waals surface area (Å²) in [6.07, 6.45) is 1.46. The molecule has 1 N–H and O–H groups in total. The minimum Gasteiger partial charge on any atom is -0.481 e. The second kappa shape index (κ2) is 5.08. The monoisotopic (exact) mass is 131 g/mol. The van der Waals surface area contributed by atoms with E-state index in [1.807, 2.05) is 0 Å². The van der Waals surface area contributed by atoms with E-state index in [2.05, 4.69) is 9.99 Å². The van der Waals surface area contributed by atoms with Crippen molar-refractivity contribution in [2.75, 3.05) is 6.61 Å².